The fourth-order valence-corrected chi connectivity index (χ4v) is 1.64. The Hall–Kier alpha value is -1.37. The summed E-state index contributed by atoms with van der Waals surface area (Å²) in [4.78, 5) is 0. The van der Waals surface area contributed by atoms with E-state index in [4.69, 9.17) is 21.1 Å². The smallest absolute Gasteiger partial charge is 0.156 e. The molecule has 0 radical (unpaired) electrons. The summed E-state index contributed by atoms with van der Waals surface area (Å²) in [5, 5.41) is 3.57. The van der Waals surface area contributed by atoms with Crippen LogP contribution in [0, 0.1) is 11.8 Å². The second kappa shape index (κ2) is 7.05. The lowest BCUT2D eigenvalue weighted by Crippen LogP contribution is -2.11. The molecule has 0 unspecified atom stereocenters. The molecule has 0 saturated heterocycles. The molecule has 0 fully saturated rings. The van der Waals surface area contributed by atoms with Crippen molar-refractivity contribution in [3.8, 4) is 23.3 Å². The number of hydrogen-bond donors (Lipinski definition) is 1. The van der Waals surface area contributed by atoms with E-state index < -0.39 is 0 Å². The van der Waals surface area contributed by atoms with E-state index in [0.717, 1.165) is 12.1 Å². The largest absolute Gasteiger partial charge is 0.495 e. The Balaban J connectivity index is 2.99. The predicted molar refractivity (Wildman–Crippen MR) is 70.0 cm³/mol. The van der Waals surface area contributed by atoms with Gasteiger partial charge in [-0.05, 0) is 18.7 Å². The fraction of sp³-hybridized carbons (Fsp3) is 0.385. The van der Waals surface area contributed by atoms with Crippen LogP contribution in [-0.2, 0) is 0 Å². The van der Waals surface area contributed by atoms with E-state index in [1.165, 1.54) is 0 Å². The van der Waals surface area contributed by atoms with Crippen molar-refractivity contribution in [2.24, 2.45) is 0 Å². The van der Waals surface area contributed by atoms with E-state index in [-0.39, 0.29) is 0 Å². The maximum atomic E-state index is 6.12. The van der Waals surface area contributed by atoms with Gasteiger partial charge in [0.2, 0.25) is 0 Å². The van der Waals surface area contributed by atoms with Crippen molar-refractivity contribution in [1.82, 2.24) is 5.32 Å². The Morgan fingerprint density at radius 2 is 2.06 bits per heavy atom. The number of methoxy groups -OCH3 is 2. The van der Waals surface area contributed by atoms with Crippen molar-refractivity contribution in [2.75, 3.05) is 27.3 Å². The SMILES string of the molecule is CCNCC#Cc1ccc(OC)c(Cl)c1OC. The molecule has 1 N–H and O–H groups in total. The van der Waals surface area contributed by atoms with Crippen LogP contribution in [0.1, 0.15) is 12.5 Å². The standard InChI is InChI=1S/C13H16ClNO2/c1-4-15-9-5-6-10-7-8-11(16-2)12(14)13(10)17-3/h7-8,15H,4,9H2,1-3H3. The summed E-state index contributed by atoms with van der Waals surface area (Å²) in [6.07, 6.45) is 0. The maximum Gasteiger partial charge on any atom is 0.156 e. The molecule has 3 nitrogen and oxygen atoms in total. The second-order valence-electron chi connectivity index (χ2n) is 3.24. The Kier molecular flexibility index (Phi) is 5.68. The van der Waals surface area contributed by atoms with Gasteiger partial charge in [-0.3, -0.25) is 0 Å². The van der Waals surface area contributed by atoms with E-state index in [1.54, 1.807) is 20.3 Å². The number of halogens is 1. The summed E-state index contributed by atoms with van der Waals surface area (Å²) >= 11 is 6.12. The quantitative estimate of drug-likeness (QED) is 0.660. The number of rotatable bonds is 4. The molecule has 0 saturated carbocycles. The normalized spacial score (nSPS) is 9.41. The Morgan fingerprint density at radius 1 is 1.29 bits per heavy atom. The summed E-state index contributed by atoms with van der Waals surface area (Å²) < 4.78 is 10.4. The van der Waals surface area contributed by atoms with Gasteiger partial charge in [0.15, 0.2) is 5.75 Å². The topological polar surface area (TPSA) is 30.5 Å². The van der Waals surface area contributed by atoms with Gasteiger partial charge in [0.25, 0.3) is 0 Å². The summed E-state index contributed by atoms with van der Waals surface area (Å²) in [5.74, 6) is 7.15. The van der Waals surface area contributed by atoms with Crippen molar-refractivity contribution in [3.05, 3.63) is 22.7 Å². The van der Waals surface area contributed by atoms with Crippen molar-refractivity contribution in [3.63, 3.8) is 0 Å². The van der Waals surface area contributed by atoms with Gasteiger partial charge in [0, 0.05) is 0 Å². The molecule has 1 aromatic carbocycles. The lowest BCUT2D eigenvalue weighted by Gasteiger charge is -2.09. The molecule has 0 aliphatic rings. The molecular formula is C13H16ClNO2. The molecule has 0 bridgehead atoms. The first kappa shape index (κ1) is 13.7. The van der Waals surface area contributed by atoms with Gasteiger partial charge in [-0.1, -0.05) is 30.4 Å². The Labute approximate surface area is 107 Å². The minimum Gasteiger partial charge on any atom is -0.495 e. The van der Waals surface area contributed by atoms with Crippen LogP contribution in [-0.4, -0.2) is 27.3 Å². The fourth-order valence-electron chi connectivity index (χ4n) is 1.32. The van der Waals surface area contributed by atoms with Crippen LogP contribution in [0.5, 0.6) is 11.5 Å². The highest BCUT2D eigenvalue weighted by Crippen LogP contribution is 2.36. The minimum atomic E-state index is 0.449. The zero-order valence-electron chi connectivity index (χ0n) is 10.3. The van der Waals surface area contributed by atoms with Crippen LogP contribution in [0.3, 0.4) is 0 Å². The number of benzene rings is 1. The van der Waals surface area contributed by atoms with Gasteiger partial charge in [-0.25, -0.2) is 0 Å². The van der Waals surface area contributed by atoms with Crippen molar-refractivity contribution in [2.45, 2.75) is 6.92 Å². The van der Waals surface area contributed by atoms with Crippen LogP contribution in [0.2, 0.25) is 5.02 Å². The molecular weight excluding hydrogens is 238 g/mol. The van der Waals surface area contributed by atoms with Gasteiger partial charge < -0.3 is 14.8 Å². The van der Waals surface area contributed by atoms with Crippen molar-refractivity contribution < 1.29 is 9.47 Å². The zero-order chi connectivity index (χ0) is 12.7. The molecule has 17 heavy (non-hydrogen) atoms. The third kappa shape index (κ3) is 3.55. The highest BCUT2D eigenvalue weighted by atomic mass is 35.5. The van der Waals surface area contributed by atoms with E-state index in [9.17, 15) is 0 Å². The molecule has 1 rings (SSSR count). The first-order valence-electron chi connectivity index (χ1n) is 5.34. The molecule has 0 atom stereocenters. The first-order chi connectivity index (χ1) is 8.24. The molecule has 4 heteroatoms. The van der Waals surface area contributed by atoms with E-state index in [2.05, 4.69) is 17.2 Å². The lowest BCUT2D eigenvalue weighted by molar-refractivity contribution is 0.394. The zero-order valence-corrected chi connectivity index (χ0v) is 11.0. The van der Waals surface area contributed by atoms with Crippen LogP contribution in [0.15, 0.2) is 12.1 Å². The number of hydrogen-bond acceptors (Lipinski definition) is 3. The summed E-state index contributed by atoms with van der Waals surface area (Å²) in [5.41, 5.74) is 0.760. The average molecular weight is 254 g/mol. The third-order valence-corrected chi connectivity index (χ3v) is 2.53. The van der Waals surface area contributed by atoms with Crippen molar-refractivity contribution >= 4 is 11.6 Å². The minimum absolute atomic E-state index is 0.449. The summed E-state index contributed by atoms with van der Waals surface area (Å²) in [6, 6.07) is 3.62. The predicted octanol–water partition coefficient (Wildman–Crippen LogP) is 2.32. The second-order valence-corrected chi connectivity index (χ2v) is 3.62. The van der Waals surface area contributed by atoms with E-state index in [1.807, 2.05) is 13.0 Å². The van der Waals surface area contributed by atoms with E-state index in [0.29, 0.717) is 23.1 Å². The molecule has 0 aliphatic heterocycles. The van der Waals surface area contributed by atoms with Crippen LogP contribution in [0.4, 0.5) is 0 Å². The van der Waals surface area contributed by atoms with Crippen LogP contribution >= 0.6 is 11.6 Å². The third-order valence-electron chi connectivity index (χ3n) is 2.17. The van der Waals surface area contributed by atoms with Gasteiger partial charge in [-0.15, -0.1) is 0 Å². The van der Waals surface area contributed by atoms with Crippen LogP contribution in [0.25, 0.3) is 0 Å². The van der Waals surface area contributed by atoms with Gasteiger partial charge in [-0.2, -0.15) is 0 Å². The van der Waals surface area contributed by atoms with Gasteiger partial charge in [0.1, 0.15) is 10.8 Å². The summed E-state index contributed by atoms with van der Waals surface area (Å²) in [6.45, 7) is 3.57. The summed E-state index contributed by atoms with van der Waals surface area (Å²) in [7, 11) is 3.13. The van der Waals surface area contributed by atoms with Gasteiger partial charge in [0.05, 0.1) is 26.3 Å². The Bertz CT molecular complexity index is 435. The first-order valence-corrected chi connectivity index (χ1v) is 5.72. The maximum absolute atomic E-state index is 6.12. The molecule has 92 valence electrons. The highest BCUT2D eigenvalue weighted by Gasteiger charge is 2.11. The molecule has 0 spiro atoms. The molecule has 0 aromatic heterocycles. The highest BCUT2D eigenvalue weighted by molar-refractivity contribution is 6.33. The lowest BCUT2D eigenvalue weighted by atomic mass is 10.2. The number of ether oxygens (including phenoxy) is 2. The van der Waals surface area contributed by atoms with Crippen molar-refractivity contribution in [1.29, 1.82) is 0 Å². The number of nitrogens with one attached hydrogen (secondary N) is 1. The monoisotopic (exact) mass is 253 g/mol. The van der Waals surface area contributed by atoms with Gasteiger partial charge >= 0.3 is 0 Å². The molecule has 1 aromatic rings. The average Bonchev–Trinajstić information content (AvgIpc) is 2.35. The molecule has 0 aliphatic carbocycles. The molecule has 0 heterocycles. The van der Waals surface area contributed by atoms with Crippen LogP contribution < -0.4 is 14.8 Å². The van der Waals surface area contributed by atoms with E-state index >= 15 is 0 Å². The molecule has 0 amide bonds. The Morgan fingerprint density at radius 3 is 2.65 bits per heavy atom.